The zero-order valence-corrected chi connectivity index (χ0v) is 11.7. The fourth-order valence-corrected chi connectivity index (χ4v) is 2.47. The molecule has 2 rings (SSSR count). The normalized spacial score (nSPS) is 16.2. The molecule has 2 heterocycles. The number of nitriles is 1. The van der Waals surface area contributed by atoms with Gasteiger partial charge in [0, 0.05) is 38.2 Å². The second-order valence-electron chi connectivity index (χ2n) is 4.80. The average Bonchev–Trinajstić information content (AvgIpc) is 2.49. The van der Waals surface area contributed by atoms with Crippen molar-refractivity contribution in [3.63, 3.8) is 0 Å². The summed E-state index contributed by atoms with van der Waals surface area (Å²) in [4.78, 5) is 13.2. The van der Waals surface area contributed by atoms with Crippen molar-refractivity contribution in [3.05, 3.63) is 12.4 Å². The molecule has 0 aromatic carbocycles. The monoisotopic (exact) mass is 259 g/mol. The van der Waals surface area contributed by atoms with Gasteiger partial charge in [-0.2, -0.15) is 5.26 Å². The molecule has 1 aromatic rings. The van der Waals surface area contributed by atoms with E-state index in [1.54, 1.807) is 6.33 Å². The van der Waals surface area contributed by atoms with E-state index in [-0.39, 0.29) is 5.92 Å². The summed E-state index contributed by atoms with van der Waals surface area (Å²) in [6, 6.07) is 4.41. The van der Waals surface area contributed by atoms with Crippen molar-refractivity contribution in [1.82, 2.24) is 9.97 Å². The van der Waals surface area contributed by atoms with Gasteiger partial charge >= 0.3 is 0 Å². The topological polar surface area (TPSA) is 56.0 Å². The molecule has 5 heteroatoms. The van der Waals surface area contributed by atoms with Gasteiger partial charge in [0.2, 0.25) is 0 Å². The fraction of sp³-hybridized carbons (Fsp3) is 0.643. The van der Waals surface area contributed by atoms with Gasteiger partial charge in [0.05, 0.1) is 6.07 Å². The number of aromatic nitrogens is 2. The third kappa shape index (κ3) is 3.14. The van der Waals surface area contributed by atoms with Crippen molar-refractivity contribution in [3.8, 4) is 6.07 Å². The van der Waals surface area contributed by atoms with Crippen LogP contribution < -0.4 is 9.80 Å². The number of hydrogen-bond acceptors (Lipinski definition) is 5. The predicted octanol–water partition coefficient (Wildman–Crippen LogP) is 2.06. The van der Waals surface area contributed by atoms with Crippen LogP contribution in [-0.2, 0) is 0 Å². The van der Waals surface area contributed by atoms with E-state index in [1.165, 1.54) is 0 Å². The molecule has 1 fully saturated rings. The van der Waals surface area contributed by atoms with Crippen LogP contribution in [0.5, 0.6) is 0 Å². The summed E-state index contributed by atoms with van der Waals surface area (Å²) < 4.78 is 0. The summed E-state index contributed by atoms with van der Waals surface area (Å²) in [6.07, 6.45) is 3.50. The molecule has 0 spiro atoms. The Balaban J connectivity index is 2.09. The predicted molar refractivity (Wildman–Crippen MR) is 76.1 cm³/mol. The van der Waals surface area contributed by atoms with Crippen LogP contribution in [0.25, 0.3) is 0 Å². The van der Waals surface area contributed by atoms with Gasteiger partial charge in [-0.05, 0) is 26.7 Å². The number of anilines is 2. The van der Waals surface area contributed by atoms with E-state index in [1.807, 2.05) is 0 Å². The highest BCUT2D eigenvalue weighted by molar-refractivity contribution is 5.50. The molecule has 1 aliphatic rings. The van der Waals surface area contributed by atoms with E-state index in [0.29, 0.717) is 0 Å². The Morgan fingerprint density at radius 2 is 2.00 bits per heavy atom. The van der Waals surface area contributed by atoms with E-state index in [0.717, 1.165) is 50.7 Å². The first-order chi connectivity index (χ1) is 9.28. The van der Waals surface area contributed by atoms with E-state index in [9.17, 15) is 0 Å². The Morgan fingerprint density at radius 1 is 1.32 bits per heavy atom. The number of nitrogens with zero attached hydrogens (tertiary/aromatic N) is 5. The molecule has 5 nitrogen and oxygen atoms in total. The van der Waals surface area contributed by atoms with Crippen LogP contribution in [-0.4, -0.2) is 36.1 Å². The van der Waals surface area contributed by atoms with Gasteiger partial charge in [0.1, 0.15) is 18.0 Å². The lowest BCUT2D eigenvalue weighted by molar-refractivity contribution is 0.485. The van der Waals surface area contributed by atoms with Crippen molar-refractivity contribution in [2.45, 2.75) is 26.7 Å². The molecule has 0 aliphatic carbocycles. The van der Waals surface area contributed by atoms with E-state index in [2.05, 4.69) is 45.8 Å². The molecule has 1 aromatic heterocycles. The maximum Gasteiger partial charge on any atom is 0.134 e. The standard InChI is InChI=1S/C14H21N5/c1-3-18(4-2)13-9-14(17-11-16-13)19-7-5-12(10-15)6-8-19/h9,11-12H,3-8H2,1-2H3. The van der Waals surface area contributed by atoms with Crippen molar-refractivity contribution in [1.29, 1.82) is 5.26 Å². The highest BCUT2D eigenvalue weighted by Crippen LogP contribution is 2.23. The smallest absolute Gasteiger partial charge is 0.134 e. The molecule has 1 saturated heterocycles. The third-order valence-electron chi connectivity index (χ3n) is 3.73. The number of rotatable bonds is 4. The zero-order valence-electron chi connectivity index (χ0n) is 11.7. The Bertz CT molecular complexity index is 441. The Labute approximate surface area is 114 Å². The maximum absolute atomic E-state index is 8.93. The van der Waals surface area contributed by atoms with Crippen molar-refractivity contribution in [2.24, 2.45) is 5.92 Å². The van der Waals surface area contributed by atoms with Crippen molar-refractivity contribution < 1.29 is 0 Å². The molecule has 0 amide bonds. The summed E-state index contributed by atoms with van der Waals surface area (Å²) >= 11 is 0. The van der Waals surface area contributed by atoms with E-state index in [4.69, 9.17) is 5.26 Å². The highest BCUT2D eigenvalue weighted by atomic mass is 15.2. The van der Waals surface area contributed by atoms with E-state index >= 15 is 0 Å². The summed E-state index contributed by atoms with van der Waals surface area (Å²) in [5, 5.41) is 8.93. The van der Waals surface area contributed by atoms with Crippen LogP contribution >= 0.6 is 0 Å². The minimum atomic E-state index is 0.209. The largest absolute Gasteiger partial charge is 0.357 e. The number of piperidine rings is 1. The number of hydrogen-bond donors (Lipinski definition) is 0. The van der Waals surface area contributed by atoms with Gasteiger partial charge in [-0.25, -0.2) is 9.97 Å². The molecule has 19 heavy (non-hydrogen) atoms. The SMILES string of the molecule is CCN(CC)c1cc(N2CCC(C#N)CC2)ncn1. The first-order valence-corrected chi connectivity index (χ1v) is 7.00. The lowest BCUT2D eigenvalue weighted by Gasteiger charge is -2.30. The molecule has 1 aliphatic heterocycles. The summed E-state index contributed by atoms with van der Waals surface area (Å²) in [5.74, 6) is 2.17. The highest BCUT2D eigenvalue weighted by Gasteiger charge is 2.20. The maximum atomic E-state index is 8.93. The Kier molecular flexibility index (Phi) is 4.56. The van der Waals surface area contributed by atoms with E-state index < -0.39 is 0 Å². The Morgan fingerprint density at radius 3 is 2.58 bits per heavy atom. The van der Waals surface area contributed by atoms with Gasteiger partial charge < -0.3 is 9.80 Å². The van der Waals surface area contributed by atoms with Crippen LogP contribution in [0.3, 0.4) is 0 Å². The molecular weight excluding hydrogens is 238 g/mol. The summed E-state index contributed by atoms with van der Waals surface area (Å²) in [7, 11) is 0. The van der Waals surface area contributed by atoms with Crippen LogP contribution in [0, 0.1) is 17.2 Å². The molecule has 102 valence electrons. The zero-order chi connectivity index (χ0) is 13.7. The Hall–Kier alpha value is -1.83. The quantitative estimate of drug-likeness (QED) is 0.828. The lowest BCUT2D eigenvalue weighted by atomic mass is 9.99. The molecule has 0 N–H and O–H groups in total. The first kappa shape index (κ1) is 13.6. The summed E-state index contributed by atoms with van der Waals surface area (Å²) in [6.45, 7) is 7.97. The molecule has 0 unspecified atom stereocenters. The lowest BCUT2D eigenvalue weighted by Crippen LogP contribution is -2.34. The van der Waals surface area contributed by atoms with Gasteiger partial charge in [0.15, 0.2) is 0 Å². The van der Waals surface area contributed by atoms with Crippen LogP contribution in [0.4, 0.5) is 11.6 Å². The molecule has 0 saturated carbocycles. The fourth-order valence-electron chi connectivity index (χ4n) is 2.47. The van der Waals surface area contributed by atoms with Crippen LogP contribution in [0.15, 0.2) is 12.4 Å². The molecular formula is C14H21N5. The molecule has 0 atom stereocenters. The first-order valence-electron chi connectivity index (χ1n) is 7.00. The second kappa shape index (κ2) is 6.37. The van der Waals surface area contributed by atoms with Crippen molar-refractivity contribution in [2.75, 3.05) is 36.0 Å². The summed E-state index contributed by atoms with van der Waals surface area (Å²) in [5.41, 5.74) is 0. The minimum absolute atomic E-state index is 0.209. The van der Waals surface area contributed by atoms with Crippen LogP contribution in [0.1, 0.15) is 26.7 Å². The van der Waals surface area contributed by atoms with Crippen molar-refractivity contribution >= 4 is 11.6 Å². The van der Waals surface area contributed by atoms with Crippen LogP contribution in [0.2, 0.25) is 0 Å². The minimum Gasteiger partial charge on any atom is -0.357 e. The third-order valence-corrected chi connectivity index (χ3v) is 3.73. The van der Waals surface area contributed by atoms with Gasteiger partial charge in [-0.15, -0.1) is 0 Å². The molecule has 0 bridgehead atoms. The van der Waals surface area contributed by atoms with Gasteiger partial charge in [-0.1, -0.05) is 0 Å². The second-order valence-corrected chi connectivity index (χ2v) is 4.80. The molecule has 0 radical (unpaired) electrons. The average molecular weight is 259 g/mol. The van der Waals surface area contributed by atoms with Gasteiger partial charge in [-0.3, -0.25) is 0 Å². The van der Waals surface area contributed by atoms with Gasteiger partial charge in [0.25, 0.3) is 0 Å².